The monoisotopic (exact) mass is 351 g/mol. The maximum absolute atomic E-state index is 13.1. The average Bonchev–Trinajstić information content (AvgIpc) is 2.60. The van der Waals surface area contributed by atoms with Gasteiger partial charge in [0.2, 0.25) is 0 Å². The zero-order chi connectivity index (χ0) is 18.7. The number of nitrogens with zero attached hydrogens (tertiary/aromatic N) is 2. The first-order valence-electron chi connectivity index (χ1n) is 8.35. The number of anilines is 1. The molecule has 2 aliphatic heterocycles. The maximum Gasteiger partial charge on any atom is 0.251 e. The first kappa shape index (κ1) is 17.7. The molecule has 0 spiro atoms. The van der Waals surface area contributed by atoms with Crippen molar-refractivity contribution in [2.24, 2.45) is 4.99 Å². The van der Waals surface area contributed by atoms with Crippen LogP contribution in [0.1, 0.15) is 20.3 Å². The number of amides is 2. The van der Waals surface area contributed by atoms with Crippen LogP contribution in [0.4, 0.5) is 5.69 Å². The smallest absolute Gasteiger partial charge is 0.251 e. The molecule has 6 heteroatoms. The first-order chi connectivity index (χ1) is 12.4. The topological polar surface area (TPSA) is 71.0 Å². The highest BCUT2D eigenvalue weighted by atomic mass is 16.5. The van der Waals surface area contributed by atoms with Crippen molar-refractivity contribution in [3.8, 4) is 5.75 Å². The summed E-state index contributed by atoms with van der Waals surface area (Å²) in [6.07, 6.45) is 7.11. The van der Waals surface area contributed by atoms with Gasteiger partial charge in [-0.2, -0.15) is 4.99 Å². The van der Waals surface area contributed by atoms with Gasteiger partial charge < -0.3 is 15.0 Å². The summed E-state index contributed by atoms with van der Waals surface area (Å²) >= 11 is 0. The number of hydrogen-bond acceptors (Lipinski definition) is 4. The van der Waals surface area contributed by atoms with Crippen LogP contribution in [0.2, 0.25) is 0 Å². The fourth-order valence-corrected chi connectivity index (χ4v) is 2.93. The Bertz CT molecular complexity index is 854. The number of carbonyl (C=O) groups excluding carboxylic acids is 2. The van der Waals surface area contributed by atoms with Crippen molar-refractivity contribution in [1.82, 2.24) is 4.90 Å². The summed E-state index contributed by atoms with van der Waals surface area (Å²) in [7, 11) is 0. The molecular formula is C20H21N3O3. The Labute approximate surface area is 152 Å². The van der Waals surface area contributed by atoms with Gasteiger partial charge in [0.1, 0.15) is 23.7 Å². The Morgan fingerprint density at radius 1 is 1.46 bits per heavy atom. The van der Waals surface area contributed by atoms with Crippen LogP contribution in [-0.4, -0.2) is 34.7 Å². The minimum absolute atomic E-state index is 0.00472. The van der Waals surface area contributed by atoms with Gasteiger partial charge in [0, 0.05) is 6.20 Å². The van der Waals surface area contributed by atoms with E-state index in [9.17, 15) is 9.59 Å². The van der Waals surface area contributed by atoms with Crippen LogP contribution in [0.5, 0.6) is 5.75 Å². The van der Waals surface area contributed by atoms with Gasteiger partial charge in [-0.05, 0) is 43.7 Å². The normalized spacial score (nSPS) is 21.5. The number of ether oxygens (including phenoxy) is 1. The predicted octanol–water partition coefficient (Wildman–Crippen LogP) is 3.05. The number of fused-ring (bicyclic) bond motifs is 1. The van der Waals surface area contributed by atoms with Gasteiger partial charge in [0.25, 0.3) is 11.8 Å². The maximum atomic E-state index is 13.1. The standard InChI is InChI=1S/C20H21N3O3/c1-4-11-26-16-8-6-5-7-15(16)21-19(25)20(3)13-18(24)22-17-12-14(2)9-10-23(17)20/h4-10,12H,1,11,13H2,2-3H3,(H,21,25)/t20-/m1/s1. The van der Waals surface area contributed by atoms with Gasteiger partial charge >= 0.3 is 0 Å². The number of amidine groups is 1. The van der Waals surface area contributed by atoms with Crippen LogP contribution in [-0.2, 0) is 9.59 Å². The second kappa shape index (κ2) is 7.00. The van der Waals surface area contributed by atoms with E-state index in [1.165, 1.54) is 0 Å². The molecule has 2 amide bonds. The molecule has 1 N–H and O–H groups in total. The van der Waals surface area contributed by atoms with E-state index in [0.717, 1.165) is 5.57 Å². The van der Waals surface area contributed by atoms with E-state index < -0.39 is 5.54 Å². The summed E-state index contributed by atoms with van der Waals surface area (Å²) in [6, 6.07) is 7.17. The summed E-state index contributed by atoms with van der Waals surface area (Å²) in [5, 5.41) is 2.89. The lowest BCUT2D eigenvalue weighted by atomic mass is 9.90. The van der Waals surface area contributed by atoms with Crippen LogP contribution in [0.15, 0.2) is 65.8 Å². The lowest BCUT2D eigenvalue weighted by Gasteiger charge is -2.42. The number of carbonyl (C=O) groups is 2. The molecule has 2 heterocycles. The van der Waals surface area contributed by atoms with Crippen molar-refractivity contribution >= 4 is 23.3 Å². The minimum Gasteiger partial charge on any atom is -0.487 e. The average molecular weight is 351 g/mol. The Morgan fingerprint density at radius 2 is 2.23 bits per heavy atom. The molecule has 0 unspecified atom stereocenters. The van der Waals surface area contributed by atoms with E-state index in [1.54, 1.807) is 42.3 Å². The van der Waals surface area contributed by atoms with Crippen molar-refractivity contribution in [1.29, 1.82) is 0 Å². The van der Waals surface area contributed by atoms with Crippen LogP contribution < -0.4 is 10.1 Å². The van der Waals surface area contributed by atoms with E-state index in [0.29, 0.717) is 23.9 Å². The molecule has 1 aromatic carbocycles. The van der Waals surface area contributed by atoms with E-state index in [2.05, 4.69) is 16.9 Å². The molecule has 0 aliphatic carbocycles. The fourth-order valence-electron chi connectivity index (χ4n) is 2.93. The summed E-state index contributed by atoms with van der Waals surface area (Å²) in [4.78, 5) is 31.0. The number of aliphatic imine (C=N–C) groups is 1. The van der Waals surface area contributed by atoms with E-state index in [4.69, 9.17) is 4.74 Å². The molecule has 0 radical (unpaired) electrons. The summed E-state index contributed by atoms with van der Waals surface area (Å²) in [5.74, 6) is 0.412. The van der Waals surface area contributed by atoms with Gasteiger partial charge in [0.05, 0.1) is 12.1 Å². The number of hydrogen-bond donors (Lipinski definition) is 1. The summed E-state index contributed by atoms with van der Waals surface area (Å²) in [5.41, 5.74) is 0.443. The Kier molecular flexibility index (Phi) is 4.75. The minimum atomic E-state index is -1.08. The second-order valence-corrected chi connectivity index (χ2v) is 6.44. The molecule has 0 saturated carbocycles. The third-order valence-corrected chi connectivity index (χ3v) is 4.34. The number of allylic oxidation sites excluding steroid dienone is 2. The lowest BCUT2D eigenvalue weighted by Crippen LogP contribution is -2.58. The molecule has 0 fully saturated rings. The molecule has 0 aromatic heterocycles. The molecular weight excluding hydrogens is 330 g/mol. The molecule has 0 saturated heterocycles. The zero-order valence-corrected chi connectivity index (χ0v) is 14.9. The number of para-hydroxylation sites is 2. The quantitative estimate of drug-likeness (QED) is 0.828. The lowest BCUT2D eigenvalue weighted by molar-refractivity contribution is -0.130. The first-order valence-corrected chi connectivity index (χ1v) is 8.35. The highest BCUT2D eigenvalue weighted by Gasteiger charge is 2.45. The van der Waals surface area contributed by atoms with Crippen molar-refractivity contribution in [2.45, 2.75) is 25.8 Å². The highest BCUT2D eigenvalue weighted by Crippen LogP contribution is 2.32. The third-order valence-electron chi connectivity index (χ3n) is 4.34. The van der Waals surface area contributed by atoms with Crippen molar-refractivity contribution in [3.63, 3.8) is 0 Å². The van der Waals surface area contributed by atoms with Gasteiger partial charge in [0.15, 0.2) is 0 Å². The highest BCUT2D eigenvalue weighted by molar-refractivity contribution is 6.12. The van der Waals surface area contributed by atoms with Crippen LogP contribution in [0, 0.1) is 0 Å². The number of rotatable bonds is 5. The molecule has 1 aromatic rings. The summed E-state index contributed by atoms with van der Waals surface area (Å²) in [6.45, 7) is 7.61. The molecule has 1 atom stereocenters. The Balaban J connectivity index is 1.88. The molecule has 6 nitrogen and oxygen atoms in total. The molecule has 134 valence electrons. The molecule has 26 heavy (non-hydrogen) atoms. The Morgan fingerprint density at radius 3 is 3.00 bits per heavy atom. The fraction of sp³-hybridized carbons (Fsp3) is 0.250. The van der Waals surface area contributed by atoms with Crippen LogP contribution in [0.3, 0.4) is 0 Å². The van der Waals surface area contributed by atoms with E-state index >= 15 is 0 Å². The second-order valence-electron chi connectivity index (χ2n) is 6.44. The van der Waals surface area contributed by atoms with Gasteiger partial charge in [-0.25, -0.2) is 0 Å². The van der Waals surface area contributed by atoms with E-state index in [1.807, 2.05) is 25.1 Å². The van der Waals surface area contributed by atoms with Gasteiger partial charge in [-0.1, -0.05) is 24.8 Å². The van der Waals surface area contributed by atoms with Crippen molar-refractivity contribution < 1.29 is 14.3 Å². The largest absolute Gasteiger partial charge is 0.487 e. The van der Waals surface area contributed by atoms with Crippen LogP contribution in [0.25, 0.3) is 0 Å². The molecule has 0 bridgehead atoms. The SMILES string of the molecule is C=CCOc1ccccc1NC(=O)[C@@]1(C)CC(=O)N=C2C=C(C)C=CN21. The van der Waals surface area contributed by atoms with Gasteiger partial charge in [-0.15, -0.1) is 0 Å². The molecule has 3 rings (SSSR count). The van der Waals surface area contributed by atoms with Crippen LogP contribution >= 0.6 is 0 Å². The van der Waals surface area contributed by atoms with E-state index in [-0.39, 0.29) is 18.2 Å². The third kappa shape index (κ3) is 3.31. The zero-order valence-electron chi connectivity index (χ0n) is 14.9. The molecule has 2 aliphatic rings. The Hall–Kier alpha value is -3.15. The number of benzene rings is 1. The summed E-state index contributed by atoms with van der Waals surface area (Å²) < 4.78 is 5.59. The predicted molar refractivity (Wildman–Crippen MR) is 101 cm³/mol. The van der Waals surface area contributed by atoms with Crippen molar-refractivity contribution in [2.75, 3.05) is 11.9 Å². The van der Waals surface area contributed by atoms with Crippen molar-refractivity contribution in [3.05, 3.63) is 60.8 Å². The number of nitrogens with one attached hydrogen (secondary N) is 1. The van der Waals surface area contributed by atoms with Gasteiger partial charge in [-0.3, -0.25) is 9.59 Å².